The van der Waals surface area contributed by atoms with Crippen molar-refractivity contribution in [2.45, 2.75) is 51.2 Å². The zero-order chi connectivity index (χ0) is 19.7. The number of hydrogen-bond donors (Lipinski definition) is 1. The van der Waals surface area contributed by atoms with Crippen molar-refractivity contribution in [1.82, 2.24) is 9.88 Å². The molecule has 0 spiro atoms. The zero-order valence-electron chi connectivity index (χ0n) is 15.4. The first-order valence-electron chi connectivity index (χ1n) is 9.59. The molecule has 0 radical (unpaired) electrons. The fraction of sp³-hybridized carbons (Fsp3) is 0.500. The number of pyridine rings is 1. The number of aromatic nitrogens is 1. The number of alkyl halides is 3. The van der Waals surface area contributed by atoms with E-state index in [1.807, 2.05) is 4.90 Å². The van der Waals surface area contributed by atoms with Crippen molar-refractivity contribution in [2.75, 3.05) is 6.54 Å². The molecule has 28 heavy (non-hydrogen) atoms. The van der Waals surface area contributed by atoms with Crippen LogP contribution in [0.1, 0.15) is 55.3 Å². The van der Waals surface area contributed by atoms with Crippen LogP contribution in [0.4, 0.5) is 18.2 Å². The summed E-state index contributed by atoms with van der Waals surface area (Å²) in [5.41, 5.74) is -0.0673. The average Bonchev–Trinajstić information content (AvgIpc) is 3.10. The Kier molecular flexibility index (Phi) is 5.31. The van der Waals surface area contributed by atoms with Gasteiger partial charge in [-0.2, -0.15) is 13.2 Å². The highest BCUT2D eigenvalue weighted by Gasteiger charge is 2.38. The van der Waals surface area contributed by atoms with Gasteiger partial charge in [-0.3, -0.25) is 0 Å². The van der Waals surface area contributed by atoms with Gasteiger partial charge in [0.05, 0.1) is 5.56 Å². The highest BCUT2D eigenvalue weighted by Crippen LogP contribution is 2.44. The Morgan fingerprint density at radius 2 is 2.00 bits per heavy atom. The molecule has 150 valence electrons. The molecular weight excluding hydrogens is 387 g/mol. The first-order chi connectivity index (χ1) is 13.4. The second kappa shape index (κ2) is 7.73. The molecule has 0 atom stereocenters. The Bertz CT molecular complexity index is 872. The fourth-order valence-corrected chi connectivity index (χ4v) is 5.02. The molecule has 4 nitrogen and oxygen atoms in total. The van der Waals surface area contributed by atoms with E-state index in [0.29, 0.717) is 29.0 Å². The smallest absolute Gasteiger partial charge is 0.417 e. The van der Waals surface area contributed by atoms with Crippen molar-refractivity contribution in [2.24, 2.45) is 10.9 Å². The molecular formula is C20H22F3N3OS. The normalized spacial score (nSPS) is 18.1. The Morgan fingerprint density at radius 1 is 1.21 bits per heavy atom. The van der Waals surface area contributed by atoms with Gasteiger partial charge < -0.3 is 10.0 Å². The predicted molar refractivity (Wildman–Crippen MR) is 103 cm³/mol. The Morgan fingerprint density at radius 3 is 2.71 bits per heavy atom. The van der Waals surface area contributed by atoms with Crippen LogP contribution in [0.2, 0.25) is 0 Å². The van der Waals surface area contributed by atoms with Crippen molar-refractivity contribution >= 4 is 22.2 Å². The molecule has 2 aliphatic rings. The van der Waals surface area contributed by atoms with Gasteiger partial charge in [0.1, 0.15) is 16.4 Å². The molecule has 0 saturated heterocycles. The highest BCUT2D eigenvalue weighted by molar-refractivity contribution is 7.14. The third-order valence-corrected chi connectivity index (χ3v) is 6.48. The quantitative estimate of drug-likeness (QED) is 0.701. The summed E-state index contributed by atoms with van der Waals surface area (Å²) in [5, 5.41) is 11.7. The van der Waals surface area contributed by atoms with Gasteiger partial charge in [-0.15, -0.1) is 11.3 Å². The summed E-state index contributed by atoms with van der Waals surface area (Å²) in [4.78, 5) is 10.6. The van der Waals surface area contributed by atoms with Crippen LogP contribution in [0, 0.1) is 5.92 Å². The van der Waals surface area contributed by atoms with Gasteiger partial charge in [-0.1, -0.05) is 32.1 Å². The number of hydrogen-bond acceptors (Lipinski definition) is 5. The first kappa shape index (κ1) is 19.2. The fourth-order valence-electron chi connectivity index (χ4n) is 4.06. The summed E-state index contributed by atoms with van der Waals surface area (Å²) < 4.78 is 40.2. The van der Waals surface area contributed by atoms with Gasteiger partial charge in [0.15, 0.2) is 5.84 Å². The lowest BCUT2D eigenvalue weighted by Gasteiger charge is -2.32. The summed E-state index contributed by atoms with van der Waals surface area (Å²) in [6.07, 6.45) is 4.13. The molecule has 0 bridgehead atoms. The van der Waals surface area contributed by atoms with Crippen molar-refractivity contribution in [3.63, 3.8) is 0 Å². The van der Waals surface area contributed by atoms with Crippen molar-refractivity contribution in [1.29, 1.82) is 0 Å². The van der Waals surface area contributed by atoms with E-state index < -0.39 is 11.7 Å². The number of amidine groups is 1. The number of aliphatic imine (C=N–C) groups is 1. The summed E-state index contributed by atoms with van der Waals surface area (Å²) in [6.45, 7) is 0.737. The van der Waals surface area contributed by atoms with Crippen molar-refractivity contribution in [3.8, 4) is 5.75 Å². The largest absolute Gasteiger partial charge is 0.506 e. The molecule has 0 aromatic carbocycles. The molecule has 1 fully saturated rings. The maximum Gasteiger partial charge on any atom is 0.417 e. The van der Waals surface area contributed by atoms with E-state index in [-0.39, 0.29) is 17.9 Å². The van der Waals surface area contributed by atoms with Crippen LogP contribution in [0.25, 0.3) is 0 Å². The molecule has 0 unspecified atom stereocenters. The van der Waals surface area contributed by atoms with Crippen LogP contribution in [0.15, 0.2) is 28.7 Å². The molecule has 4 rings (SSSR count). The van der Waals surface area contributed by atoms with Crippen LogP contribution < -0.4 is 0 Å². The Labute approximate surface area is 165 Å². The Balaban J connectivity index is 1.66. The van der Waals surface area contributed by atoms with E-state index >= 15 is 0 Å². The third-order valence-electron chi connectivity index (χ3n) is 5.56. The van der Waals surface area contributed by atoms with Gasteiger partial charge in [0.2, 0.25) is 0 Å². The van der Waals surface area contributed by atoms with E-state index in [1.165, 1.54) is 38.2 Å². The van der Waals surface area contributed by atoms with Crippen molar-refractivity contribution < 1.29 is 18.3 Å². The van der Waals surface area contributed by atoms with Gasteiger partial charge >= 0.3 is 6.18 Å². The number of nitrogens with zero attached hydrogens (tertiary/aromatic N) is 3. The highest BCUT2D eigenvalue weighted by atomic mass is 32.1. The van der Waals surface area contributed by atoms with Crippen LogP contribution in [-0.4, -0.2) is 27.4 Å². The van der Waals surface area contributed by atoms with E-state index in [2.05, 4.69) is 9.98 Å². The second-order valence-corrected chi connectivity index (χ2v) is 8.31. The molecule has 3 heterocycles. The van der Waals surface area contributed by atoms with E-state index in [1.54, 1.807) is 12.3 Å². The monoisotopic (exact) mass is 409 g/mol. The summed E-state index contributed by atoms with van der Waals surface area (Å²) in [6, 6.07) is 3.14. The predicted octanol–water partition coefficient (Wildman–Crippen LogP) is 5.73. The molecule has 0 amide bonds. The number of halogens is 3. The molecule has 2 aromatic heterocycles. The van der Waals surface area contributed by atoms with E-state index in [4.69, 9.17) is 0 Å². The zero-order valence-corrected chi connectivity index (χ0v) is 16.2. The summed E-state index contributed by atoms with van der Waals surface area (Å²) in [7, 11) is 0. The molecule has 1 aliphatic carbocycles. The van der Waals surface area contributed by atoms with Crippen molar-refractivity contribution in [3.05, 3.63) is 40.5 Å². The number of aromatic hydroxyl groups is 1. The van der Waals surface area contributed by atoms with Crippen LogP contribution in [0.3, 0.4) is 0 Å². The standard InChI is InChI=1S/C20H22F3N3OS/c21-20(22,23)15-12-28-19-14(15)11-26(10-8-13-5-2-1-3-6-13)18(25-19)17-16(27)7-4-9-24-17/h4,7,9,12-13,27H,1-3,5-6,8,10-11H2. The van der Waals surface area contributed by atoms with E-state index in [9.17, 15) is 18.3 Å². The van der Waals surface area contributed by atoms with Gasteiger partial charge in [0.25, 0.3) is 0 Å². The second-order valence-electron chi connectivity index (χ2n) is 7.45. The number of fused-ring (bicyclic) bond motifs is 1. The molecule has 2 aromatic rings. The molecule has 8 heteroatoms. The summed E-state index contributed by atoms with van der Waals surface area (Å²) in [5.74, 6) is 1.04. The molecule has 1 saturated carbocycles. The maximum absolute atomic E-state index is 13.4. The molecule has 1 N–H and O–H groups in total. The van der Waals surface area contributed by atoms with E-state index in [0.717, 1.165) is 23.1 Å². The van der Waals surface area contributed by atoms with Crippen LogP contribution in [-0.2, 0) is 12.7 Å². The molecule has 1 aliphatic heterocycles. The topological polar surface area (TPSA) is 48.7 Å². The van der Waals surface area contributed by atoms with Crippen LogP contribution in [0.5, 0.6) is 5.75 Å². The lowest BCUT2D eigenvalue weighted by Crippen LogP contribution is -2.36. The average molecular weight is 409 g/mol. The minimum atomic E-state index is -4.39. The third kappa shape index (κ3) is 3.87. The van der Waals surface area contributed by atoms with Gasteiger partial charge in [-0.25, -0.2) is 9.98 Å². The SMILES string of the molecule is Oc1cccnc1C1=Nc2scc(C(F)(F)F)c2CN1CCC1CCCCC1. The van der Waals surface area contributed by atoms with Crippen LogP contribution >= 0.6 is 11.3 Å². The minimum absolute atomic E-state index is 0.0139. The Hall–Kier alpha value is -2.09. The first-order valence-corrected chi connectivity index (χ1v) is 10.5. The lowest BCUT2D eigenvalue weighted by molar-refractivity contribution is -0.138. The van der Waals surface area contributed by atoms with Gasteiger partial charge in [-0.05, 0) is 24.5 Å². The number of rotatable bonds is 4. The number of thiophene rings is 1. The minimum Gasteiger partial charge on any atom is -0.506 e. The summed E-state index contributed by atoms with van der Waals surface area (Å²) >= 11 is 0.988. The van der Waals surface area contributed by atoms with Gasteiger partial charge in [0, 0.05) is 30.2 Å². The maximum atomic E-state index is 13.4. The lowest BCUT2D eigenvalue weighted by atomic mass is 9.87.